The maximum atomic E-state index is 13.5. The van der Waals surface area contributed by atoms with Crippen molar-refractivity contribution < 1.29 is 23.5 Å². The highest BCUT2D eigenvalue weighted by atomic mass is 16.5. The SMILES string of the molecule is COc1ccc(CCN(Cc2ccco2)C(=O)CN(C(=O)C=Cc2ccccc2)C2CC2)cc1OC. The first-order chi connectivity index (χ1) is 17.6. The van der Waals surface area contributed by atoms with E-state index >= 15 is 0 Å². The minimum atomic E-state index is -0.146. The summed E-state index contributed by atoms with van der Waals surface area (Å²) in [5, 5.41) is 0. The number of amides is 2. The van der Waals surface area contributed by atoms with Gasteiger partial charge >= 0.3 is 0 Å². The number of carbonyl (C=O) groups is 2. The Hall–Kier alpha value is -4.00. The van der Waals surface area contributed by atoms with Gasteiger partial charge in [-0.1, -0.05) is 36.4 Å². The van der Waals surface area contributed by atoms with Gasteiger partial charge in [0.05, 0.1) is 27.0 Å². The summed E-state index contributed by atoms with van der Waals surface area (Å²) in [5.41, 5.74) is 1.97. The molecule has 1 aromatic heterocycles. The second kappa shape index (κ2) is 12.1. The quantitative estimate of drug-likeness (QED) is 0.349. The lowest BCUT2D eigenvalue weighted by Gasteiger charge is -2.27. The lowest BCUT2D eigenvalue weighted by Crippen LogP contribution is -2.43. The van der Waals surface area contributed by atoms with Crippen molar-refractivity contribution >= 4 is 17.9 Å². The molecule has 0 radical (unpaired) electrons. The number of nitrogens with zero attached hydrogens (tertiary/aromatic N) is 2. The molecular formula is C29H32N2O5. The number of benzene rings is 2. The highest BCUT2D eigenvalue weighted by Crippen LogP contribution is 2.29. The molecule has 1 fully saturated rings. The van der Waals surface area contributed by atoms with Crippen molar-refractivity contribution in [2.75, 3.05) is 27.3 Å². The van der Waals surface area contributed by atoms with Crippen LogP contribution in [0.5, 0.6) is 11.5 Å². The molecule has 188 valence electrons. The van der Waals surface area contributed by atoms with Gasteiger partial charge in [-0.2, -0.15) is 0 Å². The zero-order valence-electron chi connectivity index (χ0n) is 20.8. The minimum Gasteiger partial charge on any atom is -0.493 e. The Kier molecular flexibility index (Phi) is 8.44. The van der Waals surface area contributed by atoms with Crippen LogP contribution in [0, 0.1) is 0 Å². The van der Waals surface area contributed by atoms with Gasteiger partial charge in [0.1, 0.15) is 12.3 Å². The van der Waals surface area contributed by atoms with Gasteiger partial charge in [0.25, 0.3) is 0 Å². The van der Waals surface area contributed by atoms with Crippen molar-refractivity contribution in [3.8, 4) is 11.5 Å². The molecule has 1 aliphatic rings. The zero-order chi connectivity index (χ0) is 25.3. The average Bonchev–Trinajstić information content (AvgIpc) is 3.63. The molecule has 7 heteroatoms. The highest BCUT2D eigenvalue weighted by Gasteiger charge is 2.34. The Labute approximate surface area is 211 Å². The number of methoxy groups -OCH3 is 2. The van der Waals surface area contributed by atoms with E-state index < -0.39 is 0 Å². The van der Waals surface area contributed by atoms with Crippen molar-refractivity contribution in [2.45, 2.75) is 31.8 Å². The molecule has 2 aromatic carbocycles. The maximum Gasteiger partial charge on any atom is 0.247 e. The number of hydrogen-bond acceptors (Lipinski definition) is 5. The molecule has 4 rings (SSSR count). The van der Waals surface area contributed by atoms with Gasteiger partial charge in [-0.05, 0) is 60.7 Å². The predicted molar refractivity (Wildman–Crippen MR) is 138 cm³/mol. The maximum absolute atomic E-state index is 13.5. The number of rotatable bonds is 12. The first kappa shape index (κ1) is 25.1. The predicted octanol–water partition coefficient (Wildman–Crippen LogP) is 4.57. The number of ether oxygens (including phenoxy) is 2. The van der Waals surface area contributed by atoms with Gasteiger partial charge in [0.15, 0.2) is 11.5 Å². The van der Waals surface area contributed by atoms with Crippen molar-refractivity contribution in [2.24, 2.45) is 0 Å². The topological polar surface area (TPSA) is 72.2 Å². The normalized spacial score (nSPS) is 12.9. The van der Waals surface area contributed by atoms with Crippen molar-refractivity contribution in [3.05, 3.63) is 89.9 Å². The second-order valence-electron chi connectivity index (χ2n) is 8.78. The summed E-state index contributed by atoms with van der Waals surface area (Å²) in [5.74, 6) is 1.75. The third kappa shape index (κ3) is 6.78. The Morgan fingerprint density at radius 3 is 2.44 bits per heavy atom. The van der Waals surface area contributed by atoms with E-state index in [0.29, 0.717) is 36.8 Å². The van der Waals surface area contributed by atoms with Crippen molar-refractivity contribution in [1.29, 1.82) is 0 Å². The highest BCUT2D eigenvalue weighted by molar-refractivity contribution is 5.94. The van der Waals surface area contributed by atoms with Gasteiger partial charge in [0, 0.05) is 18.7 Å². The molecule has 1 heterocycles. The van der Waals surface area contributed by atoms with E-state index in [1.807, 2.05) is 54.6 Å². The van der Waals surface area contributed by atoms with Gasteiger partial charge in [-0.15, -0.1) is 0 Å². The van der Waals surface area contributed by atoms with E-state index in [-0.39, 0.29) is 24.4 Å². The van der Waals surface area contributed by atoms with Gasteiger partial charge in [-0.3, -0.25) is 9.59 Å². The minimum absolute atomic E-state index is 0.0370. The van der Waals surface area contributed by atoms with E-state index in [1.54, 1.807) is 48.5 Å². The summed E-state index contributed by atoms with van der Waals surface area (Å²) in [6.07, 6.45) is 7.41. The first-order valence-electron chi connectivity index (χ1n) is 12.1. The number of carbonyl (C=O) groups excluding carboxylic acids is 2. The van der Waals surface area contributed by atoms with Crippen molar-refractivity contribution in [3.63, 3.8) is 0 Å². The third-order valence-electron chi connectivity index (χ3n) is 6.19. The molecule has 1 saturated carbocycles. The standard InChI is InChI=1S/C29H32N2O5/c1-34-26-14-10-23(19-27(26)35-2)16-17-30(20-25-9-6-18-36-25)29(33)21-31(24-12-13-24)28(32)15-11-22-7-4-3-5-8-22/h3-11,14-15,18-19,24H,12-13,16-17,20-21H2,1-2H3. The van der Waals surface area contributed by atoms with Crippen LogP contribution in [0.2, 0.25) is 0 Å². The molecule has 0 N–H and O–H groups in total. The lowest BCUT2D eigenvalue weighted by atomic mass is 10.1. The summed E-state index contributed by atoms with van der Waals surface area (Å²) in [6.45, 7) is 0.850. The van der Waals surface area contributed by atoms with Crippen LogP contribution in [0.15, 0.2) is 77.4 Å². The van der Waals surface area contributed by atoms with Crippen LogP contribution in [-0.2, 0) is 22.6 Å². The summed E-state index contributed by atoms with van der Waals surface area (Å²) >= 11 is 0. The fraction of sp³-hybridized carbons (Fsp3) is 0.310. The van der Waals surface area contributed by atoms with Gasteiger partial charge < -0.3 is 23.7 Å². The fourth-order valence-corrected chi connectivity index (χ4v) is 4.03. The molecule has 2 amide bonds. The van der Waals surface area contributed by atoms with E-state index in [0.717, 1.165) is 24.0 Å². The molecule has 0 atom stereocenters. The summed E-state index contributed by atoms with van der Waals surface area (Å²) < 4.78 is 16.2. The molecule has 0 spiro atoms. The fourth-order valence-electron chi connectivity index (χ4n) is 4.03. The Morgan fingerprint density at radius 2 is 1.78 bits per heavy atom. The third-order valence-corrected chi connectivity index (χ3v) is 6.19. The molecule has 1 aliphatic carbocycles. The van der Waals surface area contributed by atoms with E-state index in [1.165, 1.54) is 0 Å². The Morgan fingerprint density at radius 1 is 1.00 bits per heavy atom. The van der Waals surface area contributed by atoms with E-state index in [4.69, 9.17) is 13.9 Å². The molecule has 0 aliphatic heterocycles. The van der Waals surface area contributed by atoms with E-state index in [9.17, 15) is 9.59 Å². The van der Waals surface area contributed by atoms with Crippen LogP contribution in [0.25, 0.3) is 6.08 Å². The molecule has 36 heavy (non-hydrogen) atoms. The molecule has 7 nitrogen and oxygen atoms in total. The van der Waals surface area contributed by atoms with Crippen molar-refractivity contribution in [1.82, 2.24) is 9.80 Å². The smallest absolute Gasteiger partial charge is 0.247 e. The average molecular weight is 489 g/mol. The van der Waals surface area contributed by atoms with Gasteiger partial charge in [0.2, 0.25) is 11.8 Å². The van der Waals surface area contributed by atoms with Gasteiger partial charge in [-0.25, -0.2) is 0 Å². The summed E-state index contributed by atoms with van der Waals surface area (Å²) in [4.78, 5) is 29.9. The molecule has 0 saturated heterocycles. The molecule has 0 unspecified atom stereocenters. The van der Waals surface area contributed by atoms with Crippen LogP contribution in [-0.4, -0.2) is 55.0 Å². The first-order valence-corrected chi connectivity index (χ1v) is 12.1. The molecular weight excluding hydrogens is 456 g/mol. The number of furan rings is 1. The zero-order valence-corrected chi connectivity index (χ0v) is 20.8. The lowest BCUT2D eigenvalue weighted by molar-refractivity contribution is -0.139. The largest absolute Gasteiger partial charge is 0.493 e. The monoisotopic (exact) mass is 488 g/mol. The second-order valence-corrected chi connectivity index (χ2v) is 8.78. The van der Waals surface area contributed by atoms with E-state index in [2.05, 4.69) is 0 Å². The Bertz CT molecular complexity index is 1170. The number of hydrogen-bond donors (Lipinski definition) is 0. The van der Waals surface area contributed by atoms with Crippen LogP contribution in [0.3, 0.4) is 0 Å². The van der Waals surface area contributed by atoms with Crippen LogP contribution >= 0.6 is 0 Å². The summed E-state index contributed by atoms with van der Waals surface area (Å²) in [6, 6.07) is 19.2. The molecule has 3 aromatic rings. The van der Waals surface area contributed by atoms with Crippen LogP contribution in [0.1, 0.15) is 29.7 Å². The molecule has 0 bridgehead atoms. The van der Waals surface area contributed by atoms with Crippen LogP contribution in [0.4, 0.5) is 0 Å². The van der Waals surface area contributed by atoms with Crippen LogP contribution < -0.4 is 9.47 Å². The summed E-state index contributed by atoms with van der Waals surface area (Å²) in [7, 11) is 3.20. The Balaban J connectivity index is 1.45.